The number of hydrogen-bond acceptors (Lipinski definition) is 3. The average Bonchev–Trinajstić information content (AvgIpc) is 2.09. The lowest BCUT2D eigenvalue weighted by Gasteiger charge is -2.06. The van der Waals surface area contributed by atoms with Gasteiger partial charge in [-0.1, -0.05) is 12.7 Å². The molecule has 2 N–H and O–H groups in total. The van der Waals surface area contributed by atoms with Gasteiger partial charge >= 0.3 is 0 Å². The van der Waals surface area contributed by atoms with Gasteiger partial charge < -0.3 is 10.2 Å². The van der Waals surface area contributed by atoms with Crippen molar-refractivity contribution in [2.24, 2.45) is 0 Å². The lowest BCUT2D eigenvalue weighted by Crippen LogP contribution is -1.94. The summed E-state index contributed by atoms with van der Waals surface area (Å²) in [6.45, 7) is 5.03. The second-order valence-corrected chi connectivity index (χ2v) is 2.49. The van der Waals surface area contributed by atoms with E-state index < -0.39 is 0 Å². The van der Waals surface area contributed by atoms with Gasteiger partial charge in [0.05, 0.1) is 12.3 Å². The fourth-order valence-electron chi connectivity index (χ4n) is 1.00. The molecule has 64 valence electrons. The molecule has 0 bridgehead atoms. The predicted molar refractivity (Wildman–Crippen MR) is 46.7 cm³/mol. The van der Waals surface area contributed by atoms with Gasteiger partial charge in [-0.3, -0.25) is 4.98 Å². The van der Waals surface area contributed by atoms with Crippen LogP contribution in [0.25, 0.3) is 6.08 Å². The molecular formula is C9H11NO2. The Morgan fingerprint density at radius 2 is 2.33 bits per heavy atom. The fourth-order valence-corrected chi connectivity index (χ4v) is 1.00. The van der Waals surface area contributed by atoms with Crippen molar-refractivity contribution in [3.05, 3.63) is 29.6 Å². The van der Waals surface area contributed by atoms with Crippen LogP contribution in [-0.2, 0) is 6.61 Å². The van der Waals surface area contributed by atoms with E-state index in [2.05, 4.69) is 11.6 Å². The van der Waals surface area contributed by atoms with E-state index in [-0.39, 0.29) is 12.4 Å². The van der Waals surface area contributed by atoms with Crippen molar-refractivity contribution in [1.82, 2.24) is 4.98 Å². The zero-order valence-electron chi connectivity index (χ0n) is 6.91. The lowest BCUT2D eigenvalue weighted by atomic mass is 10.1. The largest absolute Gasteiger partial charge is 0.506 e. The van der Waals surface area contributed by atoms with E-state index in [1.807, 2.05) is 0 Å². The Balaban J connectivity index is 3.35. The molecule has 0 unspecified atom stereocenters. The van der Waals surface area contributed by atoms with Crippen LogP contribution in [0.1, 0.15) is 16.8 Å². The summed E-state index contributed by atoms with van der Waals surface area (Å²) in [5, 5.41) is 18.4. The number of aliphatic hydroxyl groups excluding tert-OH is 1. The highest BCUT2D eigenvalue weighted by Crippen LogP contribution is 2.23. The minimum Gasteiger partial charge on any atom is -0.506 e. The second kappa shape index (κ2) is 3.36. The fraction of sp³-hybridized carbons (Fsp3) is 0.222. The Bertz CT molecular complexity index is 308. The van der Waals surface area contributed by atoms with Crippen molar-refractivity contribution in [1.29, 1.82) is 0 Å². The van der Waals surface area contributed by atoms with Crippen LogP contribution in [-0.4, -0.2) is 15.2 Å². The summed E-state index contributed by atoms with van der Waals surface area (Å²) in [4.78, 5) is 3.93. The van der Waals surface area contributed by atoms with Crippen molar-refractivity contribution in [3.8, 4) is 5.75 Å². The number of aliphatic hydroxyl groups is 1. The summed E-state index contributed by atoms with van der Waals surface area (Å²) < 4.78 is 0. The van der Waals surface area contributed by atoms with Crippen LogP contribution < -0.4 is 0 Å². The first-order valence-corrected chi connectivity index (χ1v) is 3.61. The van der Waals surface area contributed by atoms with Gasteiger partial charge in [-0.15, -0.1) is 0 Å². The van der Waals surface area contributed by atoms with Crippen LogP contribution in [0.15, 0.2) is 12.8 Å². The third kappa shape index (κ3) is 1.31. The van der Waals surface area contributed by atoms with Gasteiger partial charge in [-0.05, 0) is 6.92 Å². The lowest BCUT2D eigenvalue weighted by molar-refractivity contribution is 0.274. The predicted octanol–water partition coefficient (Wildman–Crippen LogP) is 1.23. The molecule has 0 saturated heterocycles. The normalized spacial score (nSPS) is 9.83. The Hall–Kier alpha value is -1.35. The van der Waals surface area contributed by atoms with Gasteiger partial charge in [-0.25, -0.2) is 0 Å². The average molecular weight is 165 g/mol. The maximum absolute atomic E-state index is 9.44. The van der Waals surface area contributed by atoms with Crippen LogP contribution in [0.2, 0.25) is 0 Å². The molecule has 3 nitrogen and oxygen atoms in total. The molecule has 0 radical (unpaired) electrons. The van der Waals surface area contributed by atoms with E-state index in [0.717, 1.165) is 0 Å². The topological polar surface area (TPSA) is 53.4 Å². The van der Waals surface area contributed by atoms with Crippen molar-refractivity contribution in [2.75, 3.05) is 0 Å². The summed E-state index contributed by atoms with van der Waals surface area (Å²) >= 11 is 0. The number of rotatable bonds is 2. The molecule has 0 spiro atoms. The Labute approximate surface area is 71.0 Å². The highest BCUT2D eigenvalue weighted by atomic mass is 16.3. The molecule has 1 aromatic heterocycles. The molecule has 12 heavy (non-hydrogen) atoms. The maximum Gasteiger partial charge on any atom is 0.142 e. The molecular weight excluding hydrogens is 154 g/mol. The van der Waals surface area contributed by atoms with E-state index >= 15 is 0 Å². The van der Waals surface area contributed by atoms with Crippen molar-refractivity contribution >= 4 is 6.08 Å². The third-order valence-corrected chi connectivity index (χ3v) is 1.75. The summed E-state index contributed by atoms with van der Waals surface area (Å²) in [6.07, 6.45) is 3.13. The standard InChI is InChI=1S/C9H11NO2/c1-3-7-4-10-6(2)9(12)8(7)5-11/h3-4,11-12H,1,5H2,2H3. The Morgan fingerprint density at radius 1 is 1.67 bits per heavy atom. The van der Waals surface area contributed by atoms with Crippen LogP contribution in [0.5, 0.6) is 5.75 Å². The number of aromatic hydroxyl groups is 1. The van der Waals surface area contributed by atoms with Crippen LogP contribution in [0.3, 0.4) is 0 Å². The van der Waals surface area contributed by atoms with Crippen molar-refractivity contribution in [2.45, 2.75) is 13.5 Å². The van der Waals surface area contributed by atoms with Gasteiger partial charge in [-0.2, -0.15) is 0 Å². The summed E-state index contributed by atoms with van der Waals surface area (Å²) in [5.41, 5.74) is 1.67. The van der Waals surface area contributed by atoms with E-state index in [4.69, 9.17) is 5.11 Å². The van der Waals surface area contributed by atoms with E-state index in [1.165, 1.54) is 0 Å². The molecule has 0 saturated carbocycles. The first-order chi connectivity index (χ1) is 5.70. The Kier molecular flexibility index (Phi) is 2.45. The van der Waals surface area contributed by atoms with E-state index in [0.29, 0.717) is 16.8 Å². The number of aromatic nitrogens is 1. The van der Waals surface area contributed by atoms with Gasteiger partial charge in [0.15, 0.2) is 0 Å². The molecule has 1 aromatic rings. The number of aryl methyl sites for hydroxylation is 1. The molecule has 0 aliphatic heterocycles. The quantitative estimate of drug-likeness (QED) is 0.693. The molecule has 1 rings (SSSR count). The molecule has 0 aromatic carbocycles. The first-order valence-electron chi connectivity index (χ1n) is 3.61. The second-order valence-electron chi connectivity index (χ2n) is 2.49. The number of hydrogen-bond donors (Lipinski definition) is 2. The molecule has 0 amide bonds. The van der Waals surface area contributed by atoms with Crippen LogP contribution in [0, 0.1) is 6.92 Å². The zero-order chi connectivity index (χ0) is 9.14. The molecule has 1 heterocycles. The number of pyridine rings is 1. The van der Waals surface area contributed by atoms with Gasteiger partial charge in [0.25, 0.3) is 0 Å². The highest BCUT2D eigenvalue weighted by molar-refractivity contribution is 5.55. The number of nitrogens with zero attached hydrogens (tertiary/aromatic N) is 1. The zero-order valence-corrected chi connectivity index (χ0v) is 6.91. The maximum atomic E-state index is 9.44. The molecule has 0 atom stereocenters. The van der Waals surface area contributed by atoms with Crippen molar-refractivity contribution < 1.29 is 10.2 Å². The minimum absolute atomic E-state index is 0.0508. The first kappa shape index (κ1) is 8.74. The molecule has 3 heteroatoms. The Morgan fingerprint density at radius 3 is 2.83 bits per heavy atom. The van der Waals surface area contributed by atoms with Crippen LogP contribution in [0.4, 0.5) is 0 Å². The highest BCUT2D eigenvalue weighted by Gasteiger charge is 2.07. The molecule has 0 fully saturated rings. The third-order valence-electron chi connectivity index (χ3n) is 1.75. The SMILES string of the molecule is C=Cc1cnc(C)c(O)c1CO. The van der Waals surface area contributed by atoms with Crippen molar-refractivity contribution in [3.63, 3.8) is 0 Å². The minimum atomic E-state index is -0.198. The van der Waals surface area contributed by atoms with E-state index in [9.17, 15) is 5.11 Å². The summed E-state index contributed by atoms with van der Waals surface area (Å²) in [7, 11) is 0. The van der Waals surface area contributed by atoms with E-state index in [1.54, 1.807) is 19.2 Å². The summed E-state index contributed by atoms with van der Waals surface area (Å²) in [5.74, 6) is 0.0508. The summed E-state index contributed by atoms with van der Waals surface area (Å²) in [6, 6.07) is 0. The smallest absolute Gasteiger partial charge is 0.142 e. The van der Waals surface area contributed by atoms with Gasteiger partial charge in [0.2, 0.25) is 0 Å². The van der Waals surface area contributed by atoms with Crippen LogP contribution >= 0.6 is 0 Å². The molecule has 0 aliphatic rings. The monoisotopic (exact) mass is 165 g/mol. The van der Waals surface area contributed by atoms with Gasteiger partial charge in [0.1, 0.15) is 5.75 Å². The van der Waals surface area contributed by atoms with Gasteiger partial charge in [0, 0.05) is 17.3 Å². The molecule has 0 aliphatic carbocycles.